The Balaban J connectivity index is 1.93. The molecule has 114 valence electrons. The van der Waals surface area contributed by atoms with Crippen molar-refractivity contribution in [3.8, 4) is 0 Å². The fraction of sp³-hybridized carbons (Fsp3) is 0.867. The van der Waals surface area contributed by atoms with E-state index in [0.717, 1.165) is 19.3 Å². The minimum absolute atomic E-state index is 0.0326. The van der Waals surface area contributed by atoms with Gasteiger partial charge in [-0.3, -0.25) is 9.59 Å². The quantitative estimate of drug-likeness (QED) is 0.798. The standard InChI is InChI=1S/C15H25NO4/c1-3-9-6-12(13(7-9)15(19)20)14(18)16(2)8-10-4-11(17)5-10/h9-13,17H,3-8H2,1-2H3,(H,19,20)/t9?,10?,11?,12-,13+/m0/s1. The highest BCUT2D eigenvalue weighted by atomic mass is 16.4. The second kappa shape index (κ2) is 6.12. The van der Waals surface area contributed by atoms with Crippen LogP contribution in [-0.2, 0) is 9.59 Å². The molecule has 0 saturated heterocycles. The fourth-order valence-electron chi connectivity index (χ4n) is 3.63. The van der Waals surface area contributed by atoms with Gasteiger partial charge in [-0.2, -0.15) is 0 Å². The summed E-state index contributed by atoms with van der Waals surface area (Å²) in [5.74, 6) is -1.05. The summed E-state index contributed by atoms with van der Waals surface area (Å²) in [6.45, 7) is 2.69. The van der Waals surface area contributed by atoms with E-state index in [4.69, 9.17) is 0 Å². The summed E-state index contributed by atoms with van der Waals surface area (Å²) >= 11 is 0. The van der Waals surface area contributed by atoms with Gasteiger partial charge in [0.05, 0.1) is 17.9 Å². The molecule has 1 unspecified atom stereocenters. The molecular formula is C15H25NO4. The highest BCUT2D eigenvalue weighted by molar-refractivity contribution is 5.85. The minimum Gasteiger partial charge on any atom is -0.481 e. The average molecular weight is 283 g/mol. The summed E-state index contributed by atoms with van der Waals surface area (Å²) in [5.41, 5.74) is 0. The molecule has 0 aliphatic heterocycles. The first kappa shape index (κ1) is 15.3. The second-order valence-corrected chi connectivity index (χ2v) is 6.51. The van der Waals surface area contributed by atoms with E-state index in [2.05, 4.69) is 6.92 Å². The average Bonchev–Trinajstić information content (AvgIpc) is 2.80. The molecule has 3 atom stereocenters. The van der Waals surface area contributed by atoms with Crippen molar-refractivity contribution in [1.82, 2.24) is 4.90 Å². The van der Waals surface area contributed by atoms with Crippen molar-refractivity contribution < 1.29 is 19.8 Å². The lowest BCUT2D eigenvalue weighted by Crippen LogP contribution is -2.43. The third-order valence-corrected chi connectivity index (χ3v) is 4.99. The maximum atomic E-state index is 12.5. The molecule has 2 aliphatic rings. The normalized spacial score (nSPS) is 36.5. The topological polar surface area (TPSA) is 77.8 Å². The predicted molar refractivity (Wildman–Crippen MR) is 74.0 cm³/mol. The number of aliphatic carboxylic acids is 1. The maximum Gasteiger partial charge on any atom is 0.307 e. The van der Waals surface area contributed by atoms with Crippen LogP contribution in [0.4, 0.5) is 0 Å². The number of rotatable bonds is 5. The van der Waals surface area contributed by atoms with Crippen molar-refractivity contribution in [3.05, 3.63) is 0 Å². The van der Waals surface area contributed by atoms with Crippen molar-refractivity contribution in [3.63, 3.8) is 0 Å². The molecule has 5 nitrogen and oxygen atoms in total. The first-order valence-corrected chi connectivity index (χ1v) is 7.58. The van der Waals surface area contributed by atoms with Gasteiger partial charge in [-0.15, -0.1) is 0 Å². The van der Waals surface area contributed by atoms with E-state index in [1.165, 1.54) is 0 Å². The van der Waals surface area contributed by atoms with Crippen molar-refractivity contribution in [1.29, 1.82) is 0 Å². The van der Waals surface area contributed by atoms with Gasteiger partial charge in [0.25, 0.3) is 0 Å². The number of hydrogen-bond donors (Lipinski definition) is 2. The highest BCUT2D eigenvalue weighted by Crippen LogP contribution is 2.39. The molecule has 2 saturated carbocycles. The van der Waals surface area contributed by atoms with Crippen molar-refractivity contribution >= 4 is 11.9 Å². The molecule has 2 rings (SSSR count). The Bertz CT molecular complexity index is 378. The van der Waals surface area contributed by atoms with Crippen molar-refractivity contribution in [2.24, 2.45) is 23.7 Å². The molecule has 0 aromatic rings. The molecule has 20 heavy (non-hydrogen) atoms. The van der Waals surface area contributed by atoms with Crippen LogP contribution in [0, 0.1) is 23.7 Å². The van der Waals surface area contributed by atoms with Crippen LogP contribution in [-0.4, -0.2) is 46.7 Å². The third-order valence-electron chi connectivity index (χ3n) is 4.99. The summed E-state index contributed by atoms with van der Waals surface area (Å²) in [7, 11) is 1.76. The van der Waals surface area contributed by atoms with Crippen LogP contribution in [0.1, 0.15) is 39.0 Å². The molecule has 0 aromatic carbocycles. The highest BCUT2D eigenvalue weighted by Gasteiger charge is 2.43. The lowest BCUT2D eigenvalue weighted by Gasteiger charge is -2.35. The van der Waals surface area contributed by atoms with E-state index >= 15 is 0 Å². The smallest absolute Gasteiger partial charge is 0.307 e. The van der Waals surface area contributed by atoms with Gasteiger partial charge >= 0.3 is 5.97 Å². The van der Waals surface area contributed by atoms with Gasteiger partial charge < -0.3 is 15.1 Å². The Morgan fingerprint density at radius 3 is 2.20 bits per heavy atom. The van der Waals surface area contributed by atoms with Gasteiger partial charge in [0.15, 0.2) is 0 Å². The van der Waals surface area contributed by atoms with Crippen LogP contribution < -0.4 is 0 Å². The Kier molecular flexibility index (Phi) is 4.68. The lowest BCUT2D eigenvalue weighted by atomic mass is 9.82. The number of aliphatic hydroxyl groups excluding tert-OH is 1. The SMILES string of the molecule is CCC1C[C@H](C(=O)N(C)CC2CC(O)C2)[C@H](C(=O)O)C1. The number of carbonyl (C=O) groups is 2. The van der Waals surface area contributed by atoms with Crippen LogP contribution in [0.3, 0.4) is 0 Å². The van der Waals surface area contributed by atoms with E-state index in [1.54, 1.807) is 11.9 Å². The Morgan fingerprint density at radius 2 is 1.70 bits per heavy atom. The van der Waals surface area contributed by atoms with Crippen molar-refractivity contribution in [2.75, 3.05) is 13.6 Å². The van der Waals surface area contributed by atoms with Crippen LogP contribution in [0.2, 0.25) is 0 Å². The zero-order valence-corrected chi connectivity index (χ0v) is 12.3. The van der Waals surface area contributed by atoms with E-state index < -0.39 is 11.9 Å². The number of nitrogens with zero attached hydrogens (tertiary/aromatic N) is 1. The number of hydrogen-bond acceptors (Lipinski definition) is 3. The summed E-state index contributed by atoms with van der Waals surface area (Å²) in [6, 6.07) is 0. The molecular weight excluding hydrogens is 258 g/mol. The zero-order valence-electron chi connectivity index (χ0n) is 12.3. The Hall–Kier alpha value is -1.10. The number of carbonyl (C=O) groups excluding carboxylic acids is 1. The molecule has 0 spiro atoms. The summed E-state index contributed by atoms with van der Waals surface area (Å²) < 4.78 is 0. The number of aliphatic hydroxyl groups is 1. The van der Waals surface area contributed by atoms with Gasteiger partial charge in [0, 0.05) is 13.6 Å². The summed E-state index contributed by atoms with van der Waals surface area (Å²) in [5, 5.41) is 18.6. The molecule has 0 radical (unpaired) electrons. The van der Waals surface area contributed by atoms with Gasteiger partial charge in [-0.05, 0) is 37.5 Å². The molecule has 2 aliphatic carbocycles. The number of amides is 1. The van der Waals surface area contributed by atoms with Crippen LogP contribution in [0.25, 0.3) is 0 Å². The third kappa shape index (κ3) is 3.14. The molecule has 2 fully saturated rings. The summed E-state index contributed by atoms with van der Waals surface area (Å²) in [6.07, 6.45) is 3.55. The molecule has 0 aromatic heterocycles. The number of carboxylic acids is 1. The lowest BCUT2D eigenvalue weighted by molar-refractivity contribution is -0.149. The summed E-state index contributed by atoms with van der Waals surface area (Å²) in [4.78, 5) is 25.5. The number of carboxylic acid groups (broad SMARTS) is 1. The van der Waals surface area contributed by atoms with Crippen LogP contribution in [0.5, 0.6) is 0 Å². The minimum atomic E-state index is -0.841. The van der Waals surface area contributed by atoms with Crippen LogP contribution in [0.15, 0.2) is 0 Å². The van der Waals surface area contributed by atoms with Gasteiger partial charge in [0.1, 0.15) is 0 Å². The predicted octanol–water partition coefficient (Wildman–Crippen LogP) is 1.35. The second-order valence-electron chi connectivity index (χ2n) is 6.51. The molecule has 1 amide bonds. The monoisotopic (exact) mass is 283 g/mol. The zero-order chi connectivity index (χ0) is 14.9. The Labute approximate surface area is 120 Å². The van der Waals surface area contributed by atoms with Gasteiger partial charge in [-0.1, -0.05) is 13.3 Å². The molecule has 0 heterocycles. The molecule has 0 bridgehead atoms. The van der Waals surface area contributed by atoms with Crippen LogP contribution >= 0.6 is 0 Å². The van der Waals surface area contributed by atoms with E-state index in [-0.39, 0.29) is 17.9 Å². The fourth-order valence-corrected chi connectivity index (χ4v) is 3.63. The Morgan fingerprint density at radius 1 is 1.10 bits per heavy atom. The largest absolute Gasteiger partial charge is 0.481 e. The van der Waals surface area contributed by atoms with Crippen molar-refractivity contribution in [2.45, 2.75) is 45.1 Å². The molecule has 5 heteroatoms. The van der Waals surface area contributed by atoms with E-state index in [0.29, 0.717) is 31.2 Å². The first-order valence-electron chi connectivity index (χ1n) is 7.58. The van der Waals surface area contributed by atoms with Gasteiger partial charge in [-0.25, -0.2) is 0 Å². The van der Waals surface area contributed by atoms with Gasteiger partial charge in [0.2, 0.25) is 5.91 Å². The first-order chi connectivity index (χ1) is 9.42. The molecule has 2 N–H and O–H groups in total. The maximum absolute atomic E-state index is 12.5. The van der Waals surface area contributed by atoms with E-state index in [1.807, 2.05) is 0 Å². The van der Waals surface area contributed by atoms with E-state index in [9.17, 15) is 19.8 Å².